The lowest BCUT2D eigenvalue weighted by Gasteiger charge is -2.38. The molecule has 1 rings (SSSR count). The Morgan fingerprint density at radius 1 is 1.16 bits per heavy atom. The van der Waals surface area contributed by atoms with Crippen LogP contribution < -0.4 is 0 Å². The third-order valence-electron chi connectivity index (χ3n) is 5.12. The van der Waals surface area contributed by atoms with E-state index in [2.05, 4.69) is 27.7 Å². The highest BCUT2D eigenvalue weighted by Crippen LogP contribution is 2.40. The van der Waals surface area contributed by atoms with Crippen molar-refractivity contribution in [3.05, 3.63) is 39.9 Å². The minimum atomic E-state index is -0.849. The zero-order valence-corrected chi connectivity index (χ0v) is 16.5. The van der Waals surface area contributed by atoms with Crippen molar-refractivity contribution in [1.29, 1.82) is 0 Å². The first-order valence-corrected chi connectivity index (χ1v) is 8.92. The second-order valence-electron chi connectivity index (χ2n) is 8.03. The molecular formula is C20H31NO4. The average Bonchev–Trinajstić information content (AvgIpc) is 2.52. The van der Waals surface area contributed by atoms with Crippen LogP contribution in [0, 0.1) is 27.4 Å². The number of nitro groups is 1. The van der Waals surface area contributed by atoms with Gasteiger partial charge in [0.1, 0.15) is 5.60 Å². The molecule has 0 heterocycles. The quantitative estimate of drug-likeness (QED) is 0.354. The highest BCUT2D eigenvalue weighted by molar-refractivity contribution is 5.77. The van der Waals surface area contributed by atoms with Gasteiger partial charge in [-0.2, -0.15) is 0 Å². The van der Waals surface area contributed by atoms with E-state index in [9.17, 15) is 14.9 Å². The zero-order chi connectivity index (χ0) is 19.4. The Bertz CT molecular complexity index is 607. The van der Waals surface area contributed by atoms with Crippen LogP contribution in [0.3, 0.4) is 0 Å². The van der Waals surface area contributed by atoms with Gasteiger partial charge in [0.25, 0.3) is 5.69 Å². The SMILES string of the molecule is CCC(C)C(C)(CC(C)C)C(=O)OC(C)(C)c1ccc([N+](=O)[O-])cc1. The molecule has 0 fully saturated rings. The van der Waals surface area contributed by atoms with Gasteiger partial charge in [-0.15, -0.1) is 0 Å². The highest BCUT2D eigenvalue weighted by Gasteiger charge is 2.42. The van der Waals surface area contributed by atoms with Crippen molar-refractivity contribution < 1.29 is 14.5 Å². The molecule has 0 amide bonds. The molecule has 0 saturated heterocycles. The highest BCUT2D eigenvalue weighted by atomic mass is 16.6. The molecule has 0 bridgehead atoms. The van der Waals surface area contributed by atoms with Gasteiger partial charge in [-0.1, -0.05) is 34.1 Å². The van der Waals surface area contributed by atoms with Gasteiger partial charge in [-0.25, -0.2) is 0 Å². The van der Waals surface area contributed by atoms with Gasteiger partial charge < -0.3 is 4.74 Å². The second-order valence-corrected chi connectivity index (χ2v) is 8.03. The van der Waals surface area contributed by atoms with Crippen molar-refractivity contribution in [1.82, 2.24) is 0 Å². The molecule has 0 saturated carbocycles. The van der Waals surface area contributed by atoms with Gasteiger partial charge in [0, 0.05) is 12.1 Å². The lowest BCUT2D eigenvalue weighted by Crippen LogP contribution is -2.41. The summed E-state index contributed by atoms with van der Waals surface area (Å²) in [5.74, 6) is 0.378. The molecule has 5 nitrogen and oxygen atoms in total. The topological polar surface area (TPSA) is 69.4 Å². The van der Waals surface area contributed by atoms with E-state index in [-0.39, 0.29) is 17.6 Å². The van der Waals surface area contributed by atoms with Crippen LogP contribution in [-0.2, 0) is 15.1 Å². The van der Waals surface area contributed by atoms with Gasteiger partial charge in [-0.05, 0) is 56.7 Å². The van der Waals surface area contributed by atoms with E-state index in [0.29, 0.717) is 5.92 Å². The molecule has 0 aliphatic rings. The number of nitrogens with zero attached hydrogens (tertiary/aromatic N) is 1. The molecule has 0 aliphatic heterocycles. The van der Waals surface area contributed by atoms with Crippen LogP contribution >= 0.6 is 0 Å². The first-order chi connectivity index (χ1) is 11.4. The molecule has 25 heavy (non-hydrogen) atoms. The number of hydrogen-bond acceptors (Lipinski definition) is 4. The summed E-state index contributed by atoms with van der Waals surface area (Å²) in [6.45, 7) is 14.0. The molecule has 0 spiro atoms. The van der Waals surface area contributed by atoms with Crippen LogP contribution in [0.15, 0.2) is 24.3 Å². The monoisotopic (exact) mass is 349 g/mol. The molecule has 0 aromatic heterocycles. The van der Waals surface area contributed by atoms with Crippen LogP contribution in [0.5, 0.6) is 0 Å². The Kier molecular flexibility index (Phi) is 6.75. The Hall–Kier alpha value is -1.91. The Morgan fingerprint density at radius 3 is 2.08 bits per heavy atom. The van der Waals surface area contributed by atoms with E-state index >= 15 is 0 Å². The molecule has 2 unspecified atom stereocenters. The van der Waals surface area contributed by atoms with E-state index in [1.165, 1.54) is 12.1 Å². The molecule has 1 aromatic rings. The molecule has 140 valence electrons. The Balaban J connectivity index is 3.06. The maximum Gasteiger partial charge on any atom is 0.312 e. The number of esters is 1. The van der Waals surface area contributed by atoms with Crippen LogP contribution in [0.4, 0.5) is 5.69 Å². The van der Waals surface area contributed by atoms with Crippen LogP contribution in [0.1, 0.15) is 66.9 Å². The molecule has 0 N–H and O–H groups in total. The van der Waals surface area contributed by atoms with Crippen LogP contribution in [0.2, 0.25) is 0 Å². The fraction of sp³-hybridized carbons (Fsp3) is 0.650. The maximum absolute atomic E-state index is 13.0. The first kappa shape index (κ1) is 21.1. The van der Waals surface area contributed by atoms with Crippen molar-refractivity contribution in [2.75, 3.05) is 0 Å². The predicted molar refractivity (Wildman–Crippen MR) is 99.2 cm³/mol. The molecule has 0 aliphatic carbocycles. The third kappa shape index (κ3) is 5.03. The standard InChI is InChI=1S/C20H31NO4/c1-8-15(4)20(7,13-14(2)3)18(22)25-19(5,6)16-9-11-17(12-10-16)21(23)24/h9-12,14-15H,8,13H2,1-7H3. The molecule has 5 heteroatoms. The zero-order valence-electron chi connectivity index (χ0n) is 16.5. The van der Waals surface area contributed by atoms with Crippen molar-refractivity contribution in [3.63, 3.8) is 0 Å². The Morgan fingerprint density at radius 2 is 1.68 bits per heavy atom. The van der Waals surface area contributed by atoms with E-state index < -0.39 is 15.9 Å². The lowest BCUT2D eigenvalue weighted by atomic mass is 9.71. The van der Waals surface area contributed by atoms with E-state index in [0.717, 1.165) is 18.4 Å². The maximum atomic E-state index is 13.0. The summed E-state index contributed by atoms with van der Waals surface area (Å²) >= 11 is 0. The van der Waals surface area contributed by atoms with Crippen molar-refractivity contribution in [2.45, 2.75) is 66.9 Å². The summed E-state index contributed by atoms with van der Waals surface area (Å²) < 4.78 is 5.90. The number of ether oxygens (including phenoxy) is 1. The first-order valence-electron chi connectivity index (χ1n) is 8.92. The number of benzene rings is 1. The number of carbonyl (C=O) groups is 1. The average molecular weight is 349 g/mol. The third-order valence-corrected chi connectivity index (χ3v) is 5.12. The summed E-state index contributed by atoms with van der Waals surface area (Å²) in [7, 11) is 0. The summed E-state index contributed by atoms with van der Waals surface area (Å²) in [5, 5.41) is 10.8. The van der Waals surface area contributed by atoms with E-state index in [1.807, 2.05) is 20.8 Å². The van der Waals surface area contributed by atoms with Crippen molar-refractivity contribution >= 4 is 11.7 Å². The summed E-state index contributed by atoms with van der Waals surface area (Å²) in [5.41, 5.74) is -0.642. The Labute approximate surface area is 150 Å². The van der Waals surface area contributed by atoms with E-state index in [1.54, 1.807) is 12.1 Å². The van der Waals surface area contributed by atoms with Crippen LogP contribution in [-0.4, -0.2) is 10.9 Å². The summed E-state index contributed by atoms with van der Waals surface area (Å²) in [6, 6.07) is 6.17. The van der Waals surface area contributed by atoms with E-state index in [4.69, 9.17) is 4.74 Å². The number of non-ortho nitro benzene ring substituents is 1. The lowest BCUT2D eigenvalue weighted by molar-refractivity contribution is -0.384. The molecule has 1 aromatic carbocycles. The molecular weight excluding hydrogens is 318 g/mol. The minimum Gasteiger partial charge on any atom is -0.454 e. The van der Waals surface area contributed by atoms with Gasteiger partial charge in [0.2, 0.25) is 0 Å². The molecule has 2 atom stereocenters. The van der Waals surface area contributed by atoms with Gasteiger partial charge in [0.05, 0.1) is 10.3 Å². The summed E-state index contributed by atoms with van der Waals surface area (Å²) in [6.07, 6.45) is 1.66. The van der Waals surface area contributed by atoms with Crippen molar-refractivity contribution in [3.8, 4) is 0 Å². The van der Waals surface area contributed by atoms with Crippen molar-refractivity contribution in [2.24, 2.45) is 17.3 Å². The minimum absolute atomic E-state index is 0.0233. The fourth-order valence-corrected chi connectivity index (χ4v) is 3.18. The number of carbonyl (C=O) groups excluding carboxylic acids is 1. The molecule has 0 radical (unpaired) electrons. The number of rotatable bonds is 8. The number of nitro benzene ring substituents is 1. The second kappa shape index (κ2) is 7.98. The van der Waals surface area contributed by atoms with Gasteiger partial charge in [0.15, 0.2) is 0 Å². The summed E-state index contributed by atoms with van der Waals surface area (Å²) in [4.78, 5) is 23.4. The largest absolute Gasteiger partial charge is 0.454 e. The normalized spacial score (nSPS) is 15.5. The predicted octanol–water partition coefficient (Wildman–Crippen LogP) is 5.47. The smallest absolute Gasteiger partial charge is 0.312 e. The van der Waals surface area contributed by atoms with Gasteiger partial charge in [-0.3, -0.25) is 14.9 Å². The fourth-order valence-electron chi connectivity index (χ4n) is 3.18. The van der Waals surface area contributed by atoms with Crippen LogP contribution in [0.25, 0.3) is 0 Å². The number of hydrogen-bond donors (Lipinski definition) is 0. The van der Waals surface area contributed by atoms with Gasteiger partial charge >= 0.3 is 5.97 Å².